The molecule has 102 valence electrons. The summed E-state index contributed by atoms with van der Waals surface area (Å²) in [5.74, 6) is -0.143. The summed E-state index contributed by atoms with van der Waals surface area (Å²) in [5, 5.41) is 11.9. The summed E-state index contributed by atoms with van der Waals surface area (Å²) >= 11 is 3.38. The number of nitriles is 1. The first-order chi connectivity index (χ1) is 9.65. The zero-order valence-corrected chi connectivity index (χ0v) is 12.4. The van der Waals surface area contributed by atoms with Gasteiger partial charge in [-0.3, -0.25) is 0 Å². The molecule has 0 saturated carbocycles. The average molecular weight is 335 g/mol. The molecule has 2 rings (SSSR count). The Morgan fingerprint density at radius 1 is 1.35 bits per heavy atom. The van der Waals surface area contributed by atoms with Gasteiger partial charge in [-0.2, -0.15) is 5.26 Å². The Morgan fingerprint density at radius 2 is 2.15 bits per heavy atom. The molecule has 2 aromatic rings. The molecule has 0 aliphatic heterocycles. The van der Waals surface area contributed by atoms with Gasteiger partial charge in [0.2, 0.25) is 0 Å². The van der Waals surface area contributed by atoms with Gasteiger partial charge in [-0.15, -0.1) is 0 Å². The van der Waals surface area contributed by atoms with E-state index in [0.29, 0.717) is 17.7 Å². The molecule has 1 N–H and O–H groups in total. The summed E-state index contributed by atoms with van der Waals surface area (Å²) in [6.07, 6.45) is 0. The van der Waals surface area contributed by atoms with E-state index in [2.05, 4.69) is 27.3 Å². The van der Waals surface area contributed by atoms with Crippen LogP contribution in [0.4, 0.5) is 10.1 Å². The van der Waals surface area contributed by atoms with Gasteiger partial charge in [-0.25, -0.2) is 4.39 Å². The molecule has 0 aliphatic rings. The molecule has 0 aliphatic carbocycles. The lowest BCUT2D eigenvalue weighted by atomic mass is 10.2. The number of methoxy groups -OCH3 is 1. The number of halogens is 2. The molecule has 3 nitrogen and oxygen atoms in total. The Morgan fingerprint density at radius 3 is 2.80 bits per heavy atom. The monoisotopic (exact) mass is 334 g/mol. The molecule has 0 saturated heterocycles. The van der Waals surface area contributed by atoms with Crippen molar-refractivity contribution < 1.29 is 9.13 Å². The van der Waals surface area contributed by atoms with E-state index in [1.165, 1.54) is 7.11 Å². The van der Waals surface area contributed by atoms with Crippen molar-refractivity contribution in [2.24, 2.45) is 0 Å². The Labute approximate surface area is 125 Å². The average Bonchev–Trinajstić information content (AvgIpc) is 2.47. The van der Waals surface area contributed by atoms with Gasteiger partial charge in [-0.1, -0.05) is 12.1 Å². The van der Waals surface area contributed by atoms with Crippen molar-refractivity contribution in [2.45, 2.75) is 6.54 Å². The maximum atomic E-state index is 14.0. The molecule has 20 heavy (non-hydrogen) atoms. The first-order valence-electron chi connectivity index (χ1n) is 5.90. The molecule has 0 heterocycles. The van der Waals surface area contributed by atoms with Gasteiger partial charge in [0.15, 0.2) is 11.6 Å². The molecule has 0 radical (unpaired) electrons. The maximum absolute atomic E-state index is 14.0. The Bertz CT molecular complexity index is 667. The second-order valence-corrected chi connectivity index (χ2v) is 4.95. The van der Waals surface area contributed by atoms with Crippen molar-refractivity contribution in [1.82, 2.24) is 0 Å². The van der Waals surface area contributed by atoms with Crippen LogP contribution in [0.25, 0.3) is 0 Å². The zero-order chi connectivity index (χ0) is 14.5. The van der Waals surface area contributed by atoms with E-state index < -0.39 is 0 Å². The standard InChI is InChI=1S/C15H12BrFN2O/c1-20-14-4-2-3-11(15(14)17)9-19-13-6-5-10(8-18)7-12(13)16/h2-7,19H,9H2,1H3. The number of hydrogen-bond donors (Lipinski definition) is 1. The van der Waals surface area contributed by atoms with E-state index >= 15 is 0 Å². The molecule has 0 fully saturated rings. The fourth-order valence-corrected chi connectivity index (χ4v) is 2.29. The van der Waals surface area contributed by atoms with Crippen LogP contribution in [0.2, 0.25) is 0 Å². The molecular weight excluding hydrogens is 323 g/mol. The lowest BCUT2D eigenvalue weighted by Crippen LogP contribution is -2.03. The lowest BCUT2D eigenvalue weighted by molar-refractivity contribution is 0.384. The predicted octanol–water partition coefficient (Wildman–Crippen LogP) is 4.08. The minimum Gasteiger partial charge on any atom is -0.494 e. The number of anilines is 1. The van der Waals surface area contributed by atoms with Gasteiger partial charge < -0.3 is 10.1 Å². The molecule has 0 amide bonds. The minimum atomic E-state index is -0.368. The second-order valence-electron chi connectivity index (χ2n) is 4.09. The van der Waals surface area contributed by atoms with Crippen LogP contribution in [-0.2, 0) is 6.54 Å². The third kappa shape index (κ3) is 3.09. The minimum absolute atomic E-state index is 0.225. The van der Waals surface area contributed by atoms with Crippen LogP contribution >= 0.6 is 15.9 Å². The summed E-state index contributed by atoms with van der Waals surface area (Å²) < 4.78 is 19.7. The largest absolute Gasteiger partial charge is 0.494 e. The normalized spacial score (nSPS) is 9.90. The molecular formula is C15H12BrFN2O. The van der Waals surface area contributed by atoms with Gasteiger partial charge in [0.1, 0.15) is 0 Å². The van der Waals surface area contributed by atoms with Crippen LogP contribution in [0, 0.1) is 17.1 Å². The highest BCUT2D eigenvalue weighted by Crippen LogP contribution is 2.25. The van der Waals surface area contributed by atoms with Gasteiger partial charge in [0, 0.05) is 22.3 Å². The predicted molar refractivity (Wildman–Crippen MR) is 79.1 cm³/mol. The van der Waals surface area contributed by atoms with E-state index in [1.54, 1.807) is 36.4 Å². The van der Waals surface area contributed by atoms with E-state index in [9.17, 15) is 4.39 Å². The summed E-state index contributed by atoms with van der Waals surface area (Å²) in [5.41, 5.74) is 1.88. The molecule has 0 bridgehead atoms. The van der Waals surface area contributed by atoms with Crippen molar-refractivity contribution >= 4 is 21.6 Å². The Balaban J connectivity index is 2.15. The number of benzene rings is 2. The molecule has 5 heteroatoms. The second kappa shape index (κ2) is 6.40. The van der Waals surface area contributed by atoms with Crippen molar-refractivity contribution in [3.05, 3.63) is 57.8 Å². The number of hydrogen-bond acceptors (Lipinski definition) is 3. The van der Waals surface area contributed by atoms with Crippen LogP contribution < -0.4 is 10.1 Å². The summed E-state index contributed by atoms with van der Waals surface area (Å²) in [7, 11) is 1.44. The van der Waals surface area contributed by atoms with Crippen LogP contribution in [-0.4, -0.2) is 7.11 Å². The first kappa shape index (κ1) is 14.4. The van der Waals surface area contributed by atoms with Crippen molar-refractivity contribution in [3.8, 4) is 11.8 Å². The summed E-state index contributed by atoms with van der Waals surface area (Å²) in [6.45, 7) is 0.327. The topological polar surface area (TPSA) is 45.0 Å². The van der Waals surface area contributed by atoms with Gasteiger partial charge in [0.25, 0.3) is 0 Å². The fourth-order valence-electron chi connectivity index (χ4n) is 1.77. The summed E-state index contributed by atoms with van der Waals surface area (Å²) in [6, 6.07) is 12.3. The number of rotatable bonds is 4. The van der Waals surface area contributed by atoms with E-state index in [4.69, 9.17) is 10.00 Å². The molecule has 0 unspecified atom stereocenters. The Kier molecular flexibility index (Phi) is 4.59. The number of nitrogens with one attached hydrogen (secondary N) is 1. The van der Waals surface area contributed by atoms with Crippen molar-refractivity contribution in [1.29, 1.82) is 5.26 Å². The third-order valence-electron chi connectivity index (χ3n) is 2.83. The van der Waals surface area contributed by atoms with Gasteiger partial charge in [0.05, 0.1) is 18.7 Å². The van der Waals surface area contributed by atoms with E-state index in [0.717, 1.165) is 10.2 Å². The highest BCUT2D eigenvalue weighted by atomic mass is 79.9. The lowest BCUT2D eigenvalue weighted by Gasteiger charge is -2.11. The van der Waals surface area contributed by atoms with E-state index in [1.807, 2.05) is 0 Å². The van der Waals surface area contributed by atoms with Crippen molar-refractivity contribution in [3.63, 3.8) is 0 Å². The fraction of sp³-hybridized carbons (Fsp3) is 0.133. The highest BCUT2D eigenvalue weighted by Gasteiger charge is 2.08. The van der Waals surface area contributed by atoms with Crippen LogP contribution in [0.5, 0.6) is 5.75 Å². The highest BCUT2D eigenvalue weighted by molar-refractivity contribution is 9.10. The maximum Gasteiger partial charge on any atom is 0.170 e. The van der Waals surface area contributed by atoms with Crippen LogP contribution in [0.3, 0.4) is 0 Å². The quantitative estimate of drug-likeness (QED) is 0.916. The molecule has 2 aromatic carbocycles. The van der Waals surface area contributed by atoms with E-state index in [-0.39, 0.29) is 11.6 Å². The molecule has 0 atom stereocenters. The first-order valence-corrected chi connectivity index (χ1v) is 6.70. The molecule has 0 spiro atoms. The van der Waals surface area contributed by atoms with Gasteiger partial charge >= 0.3 is 0 Å². The zero-order valence-electron chi connectivity index (χ0n) is 10.8. The smallest absolute Gasteiger partial charge is 0.170 e. The summed E-state index contributed by atoms with van der Waals surface area (Å²) in [4.78, 5) is 0. The van der Waals surface area contributed by atoms with Gasteiger partial charge in [-0.05, 0) is 40.2 Å². The Hall–Kier alpha value is -2.06. The third-order valence-corrected chi connectivity index (χ3v) is 3.49. The molecule has 0 aromatic heterocycles. The van der Waals surface area contributed by atoms with Crippen LogP contribution in [0.15, 0.2) is 40.9 Å². The van der Waals surface area contributed by atoms with Crippen LogP contribution in [0.1, 0.15) is 11.1 Å². The SMILES string of the molecule is COc1cccc(CNc2ccc(C#N)cc2Br)c1F. The number of ether oxygens (including phenoxy) is 1. The number of nitrogens with zero attached hydrogens (tertiary/aromatic N) is 1. The van der Waals surface area contributed by atoms with Crippen molar-refractivity contribution in [2.75, 3.05) is 12.4 Å².